The van der Waals surface area contributed by atoms with Gasteiger partial charge in [0.15, 0.2) is 11.6 Å². The summed E-state index contributed by atoms with van der Waals surface area (Å²) < 4.78 is 33.9. The third-order valence-electron chi connectivity index (χ3n) is 3.39. The second-order valence-corrected chi connectivity index (χ2v) is 5.69. The van der Waals surface area contributed by atoms with Gasteiger partial charge in [-0.1, -0.05) is 23.9 Å². The lowest BCUT2D eigenvalue weighted by molar-refractivity contribution is 0.0631. The summed E-state index contributed by atoms with van der Waals surface area (Å²) in [6.45, 7) is 1.38. The van der Waals surface area contributed by atoms with Gasteiger partial charge < -0.3 is 4.74 Å². The topological polar surface area (TPSA) is 52.8 Å². The van der Waals surface area contributed by atoms with E-state index in [0.717, 1.165) is 18.9 Å². The maximum absolute atomic E-state index is 13.6. The average Bonchev–Trinajstić information content (AvgIpc) is 2.98. The standard InChI is InChI=1S/C13H14F2N4OS/c14-11-3-1-2-9(12(11)15)8-21-13-16-17-18-19(13)10-4-6-20-7-5-10/h1-3,10H,4-8H2. The Balaban J connectivity index is 1.71. The van der Waals surface area contributed by atoms with E-state index in [1.165, 1.54) is 17.8 Å². The molecule has 1 aliphatic rings. The number of tetrazole rings is 1. The van der Waals surface area contributed by atoms with E-state index >= 15 is 0 Å². The Bertz CT molecular complexity index is 616. The van der Waals surface area contributed by atoms with Gasteiger partial charge in [-0.3, -0.25) is 0 Å². The molecular formula is C13H14F2N4OS. The molecule has 2 aromatic rings. The number of ether oxygens (including phenoxy) is 1. The lowest BCUT2D eigenvalue weighted by atomic mass is 10.1. The van der Waals surface area contributed by atoms with E-state index in [-0.39, 0.29) is 11.8 Å². The van der Waals surface area contributed by atoms with Crippen LogP contribution in [0.25, 0.3) is 0 Å². The Morgan fingerprint density at radius 1 is 1.29 bits per heavy atom. The molecule has 5 nitrogen and oxygen atoms in total. The molecule has 1 fully saturated rings. The number of aromatic nitrogens is 4. The van der Waals surface area contributed by atoms with Crippen molar-refractivity contribution < 1.29 is 13.5 Å². The van der Waals surface area contributed by atoms with Crippen LogP contribution in [0.15, 0.2) is 23.4 Å². The molecule has 112 valence electrons. The third kappa shape index (κ3) is 3.21. The largest absolute Gasteiger partial charge is 0.381 e. The Morgan fingerprint density at radius 3 is 2.90 bits per heavy atom. The van der Waals surface area contributed by atoms with Gasteiger partial charge in [0.25, 0.3) is 0 Å². The minimum absolute atomic E-state index is 0.202. The summed E-state index contributed by atoms with van der Waals surface area (Å²) in [7, 11) is 0. The number of nitrogens with zero attached hydrogens (tertiary/aromatic N) is 4. The first-order chi connectivity index (χ1) is 10.3. The number of halogens is 2. The van der Waals surface area contributed by atoms with Gasteiger partial charge in [0.1, 0.15) is 0 Å². The van der Waals surface area contributed by atoms with Crippen LogP contribution in [0.1, 0.15) is 24.4 Å². The van der Waals surface area contributed by atoms with Gasteiger partial charge in [-0.05, 0) is 29.3 Å². The van der Waals surface area contributed by atoms with Gasteiger partial charge in [0.2, 0.25) is 5.16 Å². The van der Waals surface area contributed by atoms with Crippen molar-refractivity contribution in [2.75, 3.05) is 13.2 Å². The lowest BCUT2D eigenvalue weighted by Gasteiger charge is -2.22. The van der Waals surface area contributed by atoms with E-state index in [1.54, 1.807) is 10.7 Å². The summed E-state index contributed by atoms with van der Waals surface area (Å²) in [5.41, 5.74) is 0.307. The minimum Gasteiger partial charge on any atom is -0.381 e. The fraction of sp³-hybridized carbons (Fsp3) is 0.462. The number of hydrogen-bond donors (Lipinski definition) is 0. The first kappa shape index (κ1) is 14.4. The number of thioether (sulfide) groups is 1. The highest BCUT2D eigenvalue weighted by molar-refractivity contribution is 7.98. The van der Waals surface area contributed by atoms with Gasteiger partial charge in [0.05, 0.1) is 6.04 Å². The average molecular weight is 312 g/mol. The molecule has 8 heteroatoms. The summed E-state index contributed by atoms with van der Waals surface area (Å²) >= 11 is 1.30. The summed E-state index contributed by atoms with van der Waals surface area (Å²) in [6.07, 6.45) is 1.71. The Hall–Kier alpha value is -1.54. The van der Waals surface area contributed by atoms with Crippen LogP contribution in [0, 0.1) is 11.6 Å². The van der Waals surface area contributed by atoms with Crippen molar-refractivity contribution in [1.29, 1.82) is 0 Å². The van der Waals surface area contributed by atoms with E-state index in [9.17, 15) is 8.78 Å². The molecule has 0 unspecified atom stereocenters. The van der Waals surface area contributed by atoms with E-state index < -0.39 is 11.6 Å². The van der Waals surface area contributed by atoms with E-state index in [2.05, 4.69) is 15.5 Å². The van der Waals surface area contributed by atoms with Crippen LogP contribution in [-0.2, 0) is 10.5 Å². The van der Waals surface area contributed by atoms with Crippen molar-refractivity contribution in [2.45, 2.75) is 29.8 Å². The summed E-state index contributed by atoms with van der Waals surface area (Å²) in [6, 6.07) is 4.37. The molecule has 1 aromatic carbocycles. The van der Waals surface area contributed by atoms with Crippen molar-refractivity contribution in [3.63, 3.8) is 0 Å². The van der Waals surface area contributed by atoms with Crippen LogP contribution < -0.4 is 0 Å². The summed E-state index contributed by atoms with van der Waals surface area (Å²) in [4.78, 5) is 0. The van der Waals surface area contributed by atoms with E-state index in [1.807, 2.05) is 0 Å². The first-order valence-corrected chi connectivity index (χ1v) is 7.65. The van der Waals surface area contributed by atoms with Gasteiger partial charge in [0, 0.05) is 24.5 Å². The Morgan fingerprint density at radius 2 is 2.10 bits per heavy atom. The Kier molecular flexibility index (Phi) is 4.45. The first-order valence-electron chi connectivity index (χ1n) is 6.67. The fourth-order valence-corrected chi connectivity index (χ4v) is 3.16. The molecule has 0 radical (unpaired) electrons. The monoisotopic (exact) mass is 312 g/mol. The van der Waals surface area contributed by atoms with E-state index in [4.69, 9.17) is 4.74 Å². The number of hydrogen-bond acceptors (Lipinski definition) is 5. The predicted molar refractivity (Wildman–Crippen MR) is 72.8 cm³/mol. The zero-order valence-electron chi connectivity index (χ0n) is 11.2. The molecule has 3 rings (SSSR count). The Labute approximate surface area is 124 Å². The predicted octanol–water partition coefficient (Wildman–Crippen LogP) is 2.60. The molecule has 0 bridgehead atoms. The highest BCUT2D eigenvalue weighted by Crippen LogP contribution is 2.27. The zero-order valence-corrected chi connectivity index (χ0v) is 12.0. The molecule has 0 atom stereocenters. The number of rotatable bonds is 4. The molecule has 0 aliphatic carbocycles. The van der Waals surface area contributed by atoms with Crippen LogP contribution in [0.4, 0.5) is 8.78 Å². The summed E-state index contributed by atoms with van der Waals surface area (Å²) in [5, 5.41) is 12.3. The van der Waals surface area contributed by atoms with Crippen LogP contribution in [0.2, 0.25) is 0 Å². The van der Waals surface area contributed by atoms with Crippen molar-refractivity contribution in [3.8, 4) is 0 Å². The fourth-order valence-electron chi connectivity index (χ4n) is 2.24. The van der Waals surface area contributed by atoms with Gasteiger partial charge >= 0.3 is 0 Å². The SMILES string of the molecule is Fc1cccc(CSc2nnnn2C2CCOCC2)c1F. The van der Waals surface area contributed by atoms with Crippen LogP contribution >= 0.6 is 11.8 Å². The quantitative estimate of drug-likeness (QED) is 0.812. The molecule has 0 amide bonds. The maximum atomic E-state index is 13.6. The van der Waals surface area contributed by atoms with Crippen LogP contribution in [0.3, 0.4) is 0 Å². The third-order valence-corrected chi connectivity index (χ3v) is 4.37. The zero-order chi connectivity index (χ0) is 14.7. The second kappa shape index (κ2) is 6.48. The molecular weight excluding hydrogens is 298 g/mol. The molecule has 1 aromatic heterocycles. The van der Waals surface area contributed by atoms with E-state index in [0.29, 0.717) is 23.9 Å². The molecule has 1 saturated heterocycles. The maximum Gasteiger partial charge on any atom is 0.209 e. The van der Waals surface area contributed by atoms with Crippen molar-refractivity contribution >= 4 is 11.8 Å². The smallest absolute Gasteiger partial charge is 0.209 e. The normalized spacial score (nSPS) is 16.3. The number of benzene rings is 1. The summed E-state index contributed by atoms with van der Waals surface area (Å²) in [5.74, 6) is -1.36. The molecule has 0 spiro atoms. The lowest BCUT2D eigenvalue weighted by Crippen LogP contribution is -2.21. The van der Waals surface area contributed by atoms with Crippen molar-refractivity contribution in [1.82, 2.24) is 20.2 Å². The molecule has 0 N–H and O–H groups in total. The molecule has 21 heavy (non-hydrogen) atoms. The van der Waals surface area contributed by atoms with Crippen LogP contribution in [-0.4, -0.2) is 33.4 Å². The van der Waals surface area contributed by atoms with Gasteiger partial charge in [-0.2, -0.15) is 0 Å². The highest BCUT2D eigenvalue weighted by atomic mass is 32.2. The van der Waals surface area contributed by atoms with Crippen molar-refractivity contribution in [2.24, 2.45) is 0 Å². The van der Waals surface area contributed by atoms with Gasteiger partial charge in [-0.25, -0.2) is 13.5 Å². The molecule has 1 aliphatic heterocycles. The highest BCUT2D eigenvalue weighted by Gasteiger charge is 2.21. The second-order valence-electron chi connectivity index (χ2n) is 4.75. The van der Waals surface area contributed by atoms with Crippen LogP contribution in [0.5, 0.6) is 0 Å². The minimum atomic E-state index is -0.836. The molecule has 2 heterocycles. The van der Waals surface area contributed by atoms with Crippen molar-refractivity contribution in [3.05, 3.63) is 35.4 Å². The molecule has 0 saturated carbocycles. The van der Waals surface area contributed by atoms with Gasteiger partial charge in [-0.15, -0.1) is 5.10 Å².